The highest BCUT2D eigenvalue weighted by Gasteiger charge is 2.34. The lowest BCUT2D eigenvalue weighted by molar-refractivity contribution is -0.139. The summed E-state index contributed by atoms with van der Waals surface area (Å²) in [5.74, 6) is 1.11. The van der Waals surface area contributed by atoms with E-state index >= 15 is 0 Å². The van der Waals surface area contributed by atoms with Gasteiger partial charge in [-0.05, 0) is 87.2 Å². The zero-order chi connectivity index (χ0) is 28.3. The first kappa shape index (κ1) is 28.8. The van der Waals surface area contributed by atoms with Crippen molar-refractivity contribution in [2.75, 3.05) is 27.4 Å². The van der Waals surface area contributed by atoms with Crippen LogP contribution in [0.5, 0.6) is 17.2 Å². The summed E-state index contributed by atoms with van der Waals surface area (Å²) >= 11 is 8.33. The van der Waals surface area contributed by atoms with E-state index in [1.165, 1.54) is 23.0 Å². The number of allylic oxidation sites excluding steroid dienone is 1. The fourth-order valence-electron chi connectivity index (χ4n) is 4.22. The highest BCUT2D eigenvalue weighted by molar-refractivity contribution is 9.11. The van der Waals surface area contributed by atoms with Gasteiger partial charge in [0.1, 0.15) is 12.4 Å². The van der Waals surface area contributed by atoms with Gasteiger partial charge in [-0.15, -0.1) is 0 Å². The zero-order valence-electron chi connectivity index (χ0n) is 21.7. The third kappa shape index (κ3) is 5.75. The molecule has 39 heavy (non-hydrogen) atoms. The minimum atomic E-state index is -0.768. The molecule has 1 aliphatic heterocycles. The van der Waals surface area contributed by atoms with E-state index in [0.29, 0.717) is 44.4 Å². The topological polar surface area (TPSA) is 88.3 Å². The highest BCUT2D eigenvalue weighted by Crippen LogP contribution is 2.37. The number of aromatic nitrogens is 1. The zero-order valence-corrected chi connectivity index (χ0v) is 25.7. The molecule has 2 aromatic carbocycles. The summed E-state index contributed by atoms with van der Waals surface area (Å²) in [5.41, 5.74) is 1.92. The summed E-state index contributed by atoms with van der Waals surface area (Å²) in [5, 5.41) is 0. The van der Waals surface area contributed by atoms with Crippen LogP contribution < -0.4 is 29.1 Å². The van der Waals surface area contributed by atoms with E-state index in [1.807, 2.05) is 12.1 Å². The number of carbonyl (C=O) groups excluding carboxylic acids is 1. The number of nitrogens with zero attached hydrogens (tertiary/aromatic N) is 2. The van der Waals surface area contributed by atoms with E-state index in [0.717, 1.165) is 14.5 Å². The van der Waals surface area contributed by atoms with Crippen LogP contribution >= 0.6 is 43.2 Å². The standard InChI is InChI=1S/C28H26Br2N2O6S/c1-6-10-38-25-18(29)11-16(12-19(25)30)13-22-26(33)32-24(17-8-9-20(35-4)21(14-17)36-5)23(27(34)37-7-2)15(3)31-28(32)39-22/h6,8-9,11-14,24H,1,7,10H2,2-5H3/b22-13+. The Balaban J connectivity index is 1.92. The molecule has 0 fully saturated rings. The maximum Gasteiger partial charge on any atom is 0.338 e. The molecule has 11 heteroatoms. The van der Waals surface area contributed by atoms with Gasteiger partial charge >= 0.3 is 5.97 Å². The number of ether oxygens (including phenoxy) is 4. The van der Waals surface area contributed by atoms with Crippen LogP contribution in [-0.2, 0) is 9.53 Å². The predicted octanol–water partition coefficient (Wildman–Crippen LogP) is 4.91. The molecule has 204 valence electrons. The fourth-order valence-corrected chi connectivity index (χ4v) is 6.72. The smallest absolute Gasteiger partial charge is 0.338 e. The van der Waals surface area contributed by atoms with Crippen LogP contribution in [0.15, 0.2) is 73.0 Å². The van der Waals surface area contributed by atoms with Gasteiger partial charge in [0.25, 0.3) is 5.56 Å². The van der Waals surface area contributed by atoms with Crippen LogP contribution in [0, 0.1) is 0 Å². The molecule has 8 nitrogen and oxygen atoms in total. The van der Waals surface area contributed by atoms with Crippen LogP contribution in [0.3, 0.4) is 0 Å². The second-order valence-corrected chi connectivity index (χ2v) is 11.0. The van der Waals surface area contributed by atoms with E-state index in [2.05, 4.69) is 43.4 Å². The van der Waals surface area contributed by atoms with Crippen molar-refractivity contribution < 1.29 is 23.7 Å². The van der Waals surface area contributed by atoms with Gasteiger partial charge in [0.2, 0.25) is 0 Å². The molecule has 3 aromatic rings. The van der Waals surface area contributed by atoms with Crippen molar-refractivity contribution in [2.45, 2.75) is 19.9 Å². The molecule has 4 rings (SSSR count). The van der Waals surface area contributed by atoms with Gasteiger partial charge < -0.3 is 18.9 Å². The third-order valence-electron chi connectivity index (χ3n) is 5.90. The van der Waals surface area contributed by atoms with Crippen molar-refractivity contribution in [2.24, 2.45) is 4.99 Å². The maximum absolute atomic E-state index is 13.9. The summed E-state index contributed by atoms with van der Waals surface area (Å²) in [4.78, 5) is 32.1. The molecule has 0 saturated carbocycles. The minimum absolute atomic E-state index is 0.189. The Bertz CT molecular complexity index is 1630. The van der Waals surface area contributed by atoms with Gasteiger partial charge in [0.15, 0.2) is 16.3 Å². The Morgan fingerprint density at radius 2 is 1.85 bits per heavy atom. The average Bonchev–Trinajstić information content (AvgIpc) is 3.21. The monoisotopic (exact) mass is 676 g/mol. The van der Waals surface area contributed by atoms with E-state index in [-0.39, 0.29) is 17.7 Å². The van der Waals surface area contributed by atoms with Crippen molar-refractivity contribution in [1.82, 2.24) is 4.57 Å². The van der Waals surface area contributed by atoms with Crippen LogP contribution in [0.2, 0.25) is 0 Å². The Morgan fingerprint density at radius 3 is 2.46 bits per heavy atom. The molecule has 1 aliphatic rings. The van der Waals surface area contributed by atoms with Crippen molar-refractivity contribution in [3.8, 4) is 17.2 Å². The lowest BCUT2D eigenvalue weighted by Gasteiger charge is -2.25. The summed E-state index contributed by atoms with van der Waals surface area (Å²) in [6.07, 6.45) is 3.45. The van der Waals surface area contributed by atoms with Gasteiger partial charge in [0, 0.05) is 0 Å². The number of fused-ring (bicyclic) bond motifs is 1. The van der Waals surface area contributed by atoms with E-state index < -0.39 is 12.0 Å². The number of rotatable bonds is 9. The van der Waals surface area contributed by atoms with Crippen LogP contribution in [0.1, 0.15) is 31.0 Å². The fraction of sp³-hybridized carbons (Fsp3) is 0.250. The molecule has 0 spiro atoms. The molecule has 0 N–H and O–H groups in total. The van der Waals surface area contributed by atoms with Crippen LogP contribution in [0.4, 0.5) is 0 Å². The molecular formula is C28H26Br2N2O6S. The van der Waals surface area contributed by atoms with Gasteiger partial charge in [-0.3, -0.25) is 9.36 Å². The number of hydrogen-bond donors (Lipinski definition) is 0. The Labute approximate surface area is 246 Å². The summed E-state index contributed by atoms with van der Waals surface area (Å²) in [6, 6.07) is 8.26. The molecule has 0 radical (unpaired) electrons. The molecule has 2 heterocycles. The van der Waals surface area contributed by atoms with Crippen molar-refractivity contribution in [3.63, 3.8) is 0 Å². The summed E-state index contributed by atoms with van der Waals surface area (Å²) in [7, 11) is 3.08. The number of esters is 1. The summed E-state index contributed by atoms with van der Waals surface area (Å²) < 4.78 is 25.4. The molecule has 0 amide bonds. The largest absolute Gasteiger partial charge is 0.493 e. The molecular weight excluding hydrogens is 652 g/mol. The number of methoxy groups -OCH3 is 2. The first-order valence-electron chi connectivity index (χ1n) is 11.9. The van der Waals surface area contributed by atoms with Gasteiger partial charge in [-0.1, -0.05) is 30.1 Å². The Hall–Kier alpha value is -3.15. The van der Waals surface area contributed by atoms with Crippen LogP contribution in [-0.4, -0.2) is 38.0 Å². The number of thiazole rings is 1. The van der Waals surface area contributed by atoms with Gasteiger partial charge in [-0.25, -0.2) is 9.79 Å². The average molecular weight is 678 g/mol. The van der Waals surface area contributed by atoms with Crippen molar-refractivity contribution >= 4 is 55.2 Å². The lowest BCUT2D eigenvalue weighted by atomic mass is 9.95. The molecule has 1 aromatic heterocycles. The Kier molecular flexibility index (Phi) is 9.14. The summed E-state index contributed by atoms with van der Waals surface area (Å²) in [6.45, 7) is 7.70. The normalized spacial score (nSPS) is 14.9. The lowest BCUT2D eigenvalue weighted by Crippen LogP contribution is -2.40. The number of benzene rings is 2. The first-order valence-corrected chi connectivity index (χ1v) is 14.3. The van der Waals surface area contributed by atoms with Gasteiger partial charge in [-0.2, -0.15) is 0 Å². The number of hydrogen-bond acceptors (Lipinski definition) is 8. The van der Waals surface area contributed by atoms with Crippen molar-refractivity contribution in [1.29, 1.82) is 0 Å². The second kappa shape index (κ2) is 12.4. The van der Waals surface area contributed by atoms with Crippen molar-refractivity contribution in [3.05, 3.63) is 94.0 Å². The SMILES string of the molecule is C=CCOc1c(Br)cc(/C=c2/sc3n(c2=O)C(c2ccc(OC)c(OC)c2)C(C(=O)OCC)=C(C)N=3)cc1Br. The van der Waals surface area contributed by atoms with E-state index in [4.69, 9.17) is 18.9 Å². The quantitative estimate of drug-likeness (QED) is 0.237. The first-order chi connectivity index (χ1) is 18.7. The number of carbonyl (C=O) groups is 1. The minimum Gasteiger partial charge on any atom is -0.493 e. The molecule has 0 bridgehead atoms. The van der Waals surface area contributed by atoms with E-state index in [1.54, 1.807) is 51.3 Å². The van der Waals surface area contributed by atoms with Gasteiger partial charge in [0.05, 0.1) is 51.6 Å². The Morgan fingerprint density at radius 1 is 1.15 bits per heavy atom. The highest BCUT2D eigenvalue weighted by atomic mass is 79.9. The molecule has 0 saturated heterocycles. The predicted molar refractivity (Wildman–Crippen MR) is 157 cm³/mol. The molecule has 1 unspecified atom stereocenters. The number of halogens is 2. The second-order valence-electron chi connectivity index (χ2n) is 8.33. The van der Waals surface area contributed by atoms with E-state index in [9.17, 15) is 9.59 Å². The maximum atomic E-state index is 13.9. The van der Waals surface area contributed by atoms with Crippen LogP contribution in [0.25, 0.3) is 6.08 Å². The molecule has 0 aliphatic carbocycles. The molecule has 1 atom stereocenters. The third-order valence-corrected chi connectivity index (χ3v) is 8.07.